The number of carbonyl (C=O) groups is 2. The second-order valence-corrected chi connectivity index (χ2v) is 7.83. The molecule has 0 aliphatic carbocycles. The van der Waals surface area contributed by atoms with E-state index in [0.29, 0.717) is 18.0 Å². The maximum atomic E-state index is 12.9. The molecule has 1 aromatic heterocycles. The van der Waals surface area contributed by atoms with Crippen molar-refractivity contribution < 1.29 is 9.59 Å². The van der Waals surface area contributed by atoms with Crippen LogP contribution in [0.25, 0.3) is 11.3 Å². The maximum absolute atomic E-state index is 12.9. The van der Waals surface area contributed by atoms with Gasteiger partial charge in [0.15, 0.2) is 0 Å². The molecule has 0 bridgehead atoms. The highest BCUT2D eigenvalue weighted by Gasteiger charge is 2.58. The Bertz CT molecular complexity index is 835. The quantitative estimate of drug-likeness (QED) is 0.753. The van der Waals surface area contributed by atoms with Gasteiger partial charge in [0.05, 0.1) is 12.2 Å². The third-order valence-corrected chi connectivity index (χ3v) is 6.25. The highest BCUT2D eigenvalue weighted by Crippen LogP contribution is 2.40. The SMILES string of the molecule is CC[C@]12CCCN1C(=O)N(Cc1nc(-c3ccc(Cl)cc3)cs1)C2=O. The van der Waals surface area contributed by atoms with Crippen molar-refractivity contribution in [3.63, 3.8) is 0 Å². The van der Waals surface area contributed by atoms with Gasteiger partial charge in [0.1, 0.15) is 10.5 Å². The van der Waals surface area contributed by atoms with Crippen LogP contribution in [0.1, 0.15) is 31.2 Å². The summed E-state index contributed by atoms with van der Waals surface area (Å²) in [7, 11) is 0. The van der Waals surface area contributed by atoms with E-state index in [-0.39, 0.29) is 18.5 Å². The molecular weight excluding hydrogens is 358 g/mol. The van der Waals surface area contributed by atoms with E-state index in [1.807, 2.05) is 36.6 Å². The fourth-order valence-electron chi connectivity index (χ4n) is 3.79. The van der Waals surface area contributed by atoms with Crippen LogP contribution in [-0.2, 0) is 11.3 Å². The van der Waals surface area contributed by atoms with E-state index in [0.717, 1.165) is 29.1 Å². The summed E-state index contributed by atoms with van der Waals surface area (Å²) in [6, 6.07) is 7.30. The van der Waals surface area contributed by atoms with Gasteiger partial charge in [-0.1, -0.05) is 30.7 Å². The first-order valence-electron chi connectivity index (χ1n) is 8.39. The Kier molecular flexibility index (Phi) is 4.04. The number of imide groups is 1. The standard InChI is InChI=1S/C18H18ClN3O2S/c1-2-18-8-3-9-22(18)17(24)21(16(18)23)10-15-20-14(11-25-15)12-4-6-13(19)7-5-12/h4-7,11H,2-3,8-10H2,1H3/t18-/m1/s1. The molecule has 2 aliphatic heterocycles. The van der Waals surface area contributed by atoms with Crippen LogP contribution in [0.4, 0.5) is 4.79 Å². The lowest BCUT2D eigenvalue weighted by atomic mass is 9.93. The number of hydrogen-bond acceptors (Lipinski definition) is 4. The van der Waals surface area contributed by atoms with E-state index in [1.54, 1.807) is 4.90 Å². The van der Waals surface area contributed by atoms with Crippen molar-refractivity contribution in [1.82, 2.24) is 14.8 Å². The zero-order valence-electron chi connectivity index (χ0n) is 13.9. The van der Waals surface area contributed by atoms with Gasteiger partial charge in [0.2, 0.25) is 0 Å². The minimum absolute atomic E-state index is 0.0688. The fraction of sp³-hybridized carbons (Fsp3) is 0.389. The molecule has 1 atom stereocenters. The predicted octanol–water partition coefficient (Wildman–Crippen LogP) is 4.17. The van der Waals surface area contributed by atoms with Crippen LogP contribution in [0.3, 0.4) is 0 Å². The molecular formula is C18H18ClN3O2S. The minimum atomic E-state index is -0.618. The van der Waals surface area contributed by atoms with Crippen molar-refractivity contribution in [3.8, 4) is 11.3 Å². The summed E-state index contributed by atoms with van der Waals surface area (Å²) in [5.74, 6) is -0.0688. The first kappa shape index (κ1) is 16.5. The number of nitrogens with zero attached hydrogens (tertiary/aromatic N) is 3. The zero-order chi connectivity index (χ0) is 17.6. The average molecular weight is 376 g/mol. The van der Waals surface area contributed by atoms with E-state index in [1.165, 1.54) is 16.2 Å². The number of thiazole rings is 1. The van der Waals surface area contributed by atoms with Crippen molar-refractivity contribution in [3.05, 3.63) is 39.7 Å². The topological polar surface area (TPSA) is 53.5 Å². The summed E-state index contributed by atoms with van der Waals surface area (Å²) in [5.41, 5.74) is 1.19. The number of aromatic nitrogens is 1. The lowest BCUT2D eigenvalue weighted by Crippen LogP contribution is -2.44. The molecule has 0 spiro atoms. The normalized spacial score (nSPS) is 22.8. The second-order valence-electron chi connectivity index (χ2n) is 6.45. The monoisotopic (exact) mass is 375 g/mol. The molecule has 2 fully saturated rings. The van der Waals surface area contributed by atoms with Crippen LogP contribution in [0.15, 0.2) is 29.6 Å². The molecule has 25 heavy (non-hydrogen) atoms. The van der Waals surface area contributed by atoms with Gasteiger partial charge in [0, 0.05) is 22.5 Å². The van der Waals surface area contributed by atoms with E-state index in [4.69, 9.17) is 11.6 Å². The Labute approximate surface area is 155 Å². The second kappa shape index (κ2) is 6.11. The van der Waals surface area contributed by atoms with Gasteiger partial charge in [-0.3, -0.25) is 9.69 Å². The highest BCUT2D eigenvalue weighted by atomic mass is 35.5. The maximum Gasteiger partial charge on any atom is 0.328 e. The number of fused-ring (bicyclic) bond motifs is 1. The number of carbonyl (C=O) groups excluding carboxylic acids is 2. The summed E-state index contributed by atoms with van der Waals surface area (Å²) in [6.45, 7) is 2.89. The van der Waals surface area contributed by atoms with Crippen molar-refractivity contribution in [2.45, 2.75) is 38.3 Å². The van der Waals surface area contributed by atoms with Gasteiger partial charge in [-0.15, -0.1) is 11.3 Å². The third kappa shape index (κ3) is 2.55. The summed E-state index contributed by atoms with van der Waals surface area (Å²) >= 11 is 7.38. The largest absolute Gasteiger partial charge is 0.328 e. The number of halogens is 1. The number of urea groups is 1. The molecule has 0 N–H and O–H groups in total. The van der Waals surface area contributed by atoms with E-state index < -0.39 is 5.54 Å². The van der Waals surface area contributed by atoms with Crippen molar-refractivity contribution >= 4 is 34.9 Å². The molecule has 2 aliphatic rings. The lowest BCUT2D eigenvalue weighted by molar-refractivity contribution is -0.133. The molecule has 130 valence electrons. The Morgan fingerprint density at radius 3 is 2.72 bits per heavy atom. The van der Waals surface area contributed by atoms with Gasteiger partial charge in [-0.05, 0) is 31.4 Å². The molecule has 7 heteroatoms. The molecule has 4 rings (SSSR count). The molecule has 0 unspecified atom stereocenters. The van der Waals surface area contributed by atoms with Gasteiger partial charge in [-0.2, -0.15) is 0 Å². The number of rotatable bonds is 4. The first-order valence-corrected chi connectivity index (χ1v) is 9.65. The van der Waals surface area contributed by atoms with Crippen molar-refractivity contribution in [2.75, 3.05) is 6.54 Å². The van der Waals surface area contributed by atoms with Crippen molar-refractivity contribution in [2.24, 2.45) is 0 Å². The Morgan fingerprint density at radius 1 is 1.28 bits per heavy atom. The Morgan fingerprint density at radius 2 is 2.04 bits per heavy atom. The van der Waals surface area contributed by atoms with E-state index in [9.17, 15) is 9.59 Å². The molecule has 2 aromatic rings. The highest BCUT2D eigenvalue weighted by molar-refractivity contribution is 7.09. The molecule has 3 amide bonds. The number of amides is 3. The molecule has 0 radical (unpaired) electrons. The van der Waals surface area contributed by atoms with Crippen LogP contribution in [0, 0.1) is 0 Å². The van der Waals surface area contributed by atoms with Gasteiger partial charge in [-0.25, -0.2) is 9.78 Å². The van der Waals surface area contributed by atoms with Crippen LogP contribution in [0.2, 0.25) is 5.02 Å². The summed E-state index contributed by atoms with van der Waals surface area (Å²) < 4.78 is 0. The molecule has 1 aromatic carbocycles. The Hall–Kier alpha value is -1.92. The summed E-state index contributed by atoms with van der Waals surface area (Å²) in [6.07, 6.45) is 2.33. The summed E-state index contributed by atoms with van der Waals surface area (Å²) in [4.78, 5) is 33.3. The van der Waals surface area contributed by atoms with Gasteiger partial charge >= 0.3 is 6.03 Å². The molecule has 5 nitrogen and oxygen atoms in total. The smallest absolute Gasteiger partial charge is 0.310 e. The third-order valence-electron chi connectivity index (χ3n) is 5.16. The molecule has 2 saturated heterocycles. The predicted molar refractivity (Wildman–Crippen MR) is 97.5 cm³/mol. The number of benzene rings is 1. The zero-order valence-corrected chi connectivity index (χ0v) is 15.4. The first-order chi connectivity index (χ1) is 12.0. The minimum Gasteiger partial charge on any atom is -0.310 e. The fourth-order valence-corrected chi connectivity index (χ4v) is 4.71. The number of hydrogen-bond donors (Lipinski definition) is 0. The van der Waals surface area contributed by atoms with Crippen LogP contribution in [0.5, 0.6) is 0 Å². The van der Waals surface area contributed by atoms with Crippen LogP contribution in [-0.4, -0.2) is 38.8 Å². The Balaban J connectivity index is 1.56. The molecule has 3 heterocycles. The van der Waals surface area contributed by atoms with Crippen LogP contribution < -0.4 is 0 Å². The van der Waals surface area contributed by atoms with Gasteiger partial charge in [0.25, 0.3) is 5.91 Å². The molecule has 0 saturated carbocycles. The van der Waals surface area contributed by atoms with Crippen molar-refractivity contribution in [1.29, 1.82) is 0 Å². The average Bonchev–Trinajstić information content (AvgIpc) is 3.30. The van der Waals surface area contributed by atoms with Gasteiger partial charge < -0.3 is 4.90 Å². The van der Waals surface area contributed by atoms with E-state index in [2.05, 4.69) is 4.98 Å². The summed E-state index contributed by atoms with van der Waals surface area (Å²) in [5, 5.41) is 3.39. The lowest BCUT2D eigenvalue weighted by Gasteiger charge is -2.26. The van der Waals surface area contributed by atoms with Crippen LogP contribution >= 0.6 is 22.9 Å². The van der Waals surface area contributed by atoms with E-state index >= 15 is 0 Å².